The fourth-order valence-corrected chi connectivity index (χ4v) is 2.15. The van der Waals surface area contributed by atoms with Crippen molar-refractivity contribution >= 4 is 5.65 Å². The summed E-state index contributed by atoms with van der Waals surface area (Å²) in [7, 11) is 0. The van der Waals surface area contributed by atoms with Gasteiger partial charge < -0.3 is 4.74 Å². The second kappa shape index (κ2) is 5.25. The smallest absolute Gasteiger partial charge is 0.321 e. The minimum atomic E-state index is 0.322. The molecule has 0 saturated carbocycles. The predicted octanol–water partition coefficient (Wildman–Crippen LogP) is 2.98. The van der Waals surface area contributed by atoms with E-state index in [0.717, 1.165) is 17.0 Å². The molecule has 3 aromatic heterocycles. The highest BCUT2D eigenvalue weighted by Crippen LogP contribution is 2.23. The monoisotopic (exact) mass is 289 g/mol. The summed E-state index contributed by atoms with van der Waals surface area (Å²) in [5.41, 5.74) is 1.77. The van der Waals surface area contributed by atoms with Crippen molar-refractivity contribution in [3.63, 3.8) is 0 Å². The van der Waals surface area contributed by atoms with Crippen LogP contribution in [0, 0.1) is 0 Å². The van der Waals surface area contributed by atoms with Crippen molar-refractivity contribution in [3.8, 4) is 23.1 Å². The first kappa shape index (κ1) is 12.5. The highest BCUT2D eigenvalue weighted by molar-refractivity contribution is 5.60. The number of benzene rings is 1. The number of fused-ring (bicyclic) bond motifs is 1. The van der Waals surface area contributed by atoms with Crippen LogP contribution in [-0.2, 0) is 0 Å². The van der Waals surface area contributed by atoms with Crippen LogP contribution in [0.15, 0.2) is 67.1 Å². The van der Waals surface area contributed by atoms with Gasteiger partial charge in [0.15, 0.2) is 11.5 Å². The van der Waals surface area contributed by atoms with E-state index >= 15 is 0 Å². The van der Waals surface area contributed by atoms with E-state index in [2.05, 4.69) is 20.2 Å². The Kier molecular flexibility index (Phi) is 2.97. The first-order chi connectivity index (χ1) is 10.9. The van der Waals surface area contributed by atoms with Gasteiger partial charge in [0.1, 0.15) is 5.75 Å². The standard InChI is InChI=1S/C16H11N5O/c1-2-11-21-14(4-1)19-20-15(21)12-5-7-13(8-6-12)22-16-17-9-3-10-18-16/h1-11H. The normalized spacial score (nSPS) is 10.7. The number of nitrogens with zero attached hydrogens (tertiary/aromatic N) is 5. The molecule has 0 spiro atoms. The zero-order chi connectivity index (χ0) is 14.8. The van der Waals surface area contributed by atoms with Crippen molar-refractivity contribution in [2.24, 2.45) is 0 Å². The second-order valence-corrected chi connectivity index (χ2v) is 4.61. The van der Waals surface area contributed by atoms with E-state index < -0.39 is 0 Å². The lowest BCUT2D eigenvalue weighted by Crippen LogP contribution is -1.91. The topological polar surface area (TPSA) is 65.2 Å². The van der Waals surface area contributed by atoms with Crippen molar-refractivity contribution in [3.05, 3.63) is 67.1 Å². The van der Waals surface area contributed by atoms with Gasteiger partial charge in [-0.15, -0.1) is 10.2 Å². The van der Waals surface area contributed by atoms with Crippen LogP contribution in [0.1, 0.15) is 0 Å². The van der Waals surface area contributed by atoms with E-state index in [4.69, 9.17) is 4.74 Å². The maximum Gasteiger partial charge on any atom is 0.321 e. The molecule has 22 heavy (non-hydrogen) atoms. The molecule has 3 heterocycles. The molecule has 4 aromatic rings. The molecule has 0 atom stereocenters. The van der Waals surface area contributed by atoms with Crippen LogP contribution in [0.4, 0.5) is 0 Å². The van der Waals surface area contributed by atoms with Crippen molar-refractivity contribution in [2.45, 2.75) is 0 Å². The summed E-state index contributed by atoms with van der Waals surface area (Å²) in [5, 5.41) is 8.37. The Bertz CT molecular complexity index is 903. The van der Waals surface area contributed by atoms with Gasteiger partial charge in [0, 0.05) is 24.2 Å². The number of hydrogen-bond acceptors (Lipinski definition) is 5. The van der Waals surface area contributed by atoms with Crippen LogP contribution in [0.25, 0.3) is 17.0 Å². The molecule has 0 fully saturated rings. The summed E-state index contributed by atoms with van der Waals surface area (Å²) < 4.78 is 7.51. The molecule has 0 bridgehead atoms. The van der Waals surface area contributed by atoms with Gasteiger partial charge in [-0.05, 0) is 42.5 Å². The zero-order valence-corrected chi connectivity index (χ0v) is 11.5. The van der Waals surface area contributed by atoms with E-state index in [1.54, 1.807) is 18.5 Å². The molecule has 6 nitrogen and oxygen atoms in total. The highest BCUT2D eigenvalue weighted by Gasteiger charge is 2.07. The molecule has 1 aromatic carbocycles. The quantitative estimate of drug-likeness (QED) is 0.580. The number of pyridine rings is 1. The molecule has 6 heteroatoms. The zero-order valence-electron chi connectivity index (χ0n) is 11.5. The summed E-state index contributed by atoms with van der Waals surface area (Å²) in [6.45, 7) is 0. The summed E-state index contributed by atoms with van der Waals surface area (Å²) >= 11 is 0. The van der Waals surface area contributed by atoms with Crippen LogP contribution in [0.2, 0.25) is 0 Å². The molecule has 0 radical (unpaired) electrons. The highest BCUT2D eigenvalue weighted by atomic mass is 16.5. The number of hydrogen-bond donors (Lipinski definition) is 0. The van der Waals surface area contributed by atoms with Gasteiger partial charge in [0.25, 0.3) is 0 Å². The minimum absolute atomic E-state index is 0.322. The third-order valence-electron chi connectivity index (χ3n) is 3.18. The third-order valence-corrected chi connectivity index (χ3v) is 3.18. The van der Waals surface area contributed by atoms with E-state index in [1.165, 1.54) is 0 Å². The summed E-state index contributed by atoms with van der Waals surface area (Å²) in [6, 6.07) is 15.4. The molecule has 0 amide bonds. The van der Waals surface area contributed by atoms with Gasteiger partial charge in [0.2, 0.25) is 0 Å². The Hall–Kier alpha value is -3.28. The summed E-state index contributed by atoms with van der Waals surface area (Å²) in [4.78, 5) is 8.05. The summed E-state index contributed by atoms with van der Waals surface area (Å²) in [6.07, 6.45) is 5.21. The molecule has 0 saturated heterocycles. The number of ether oxygens (including phenoxy) is 1. The fourth-order valence-electron chi connectivity index (χ4n) is 2.15. The van der Waals surface area contributed by atoms with Crippen molar-refractivity contribution in [1.29, 1.82) is 0 Å². The molecule has 106 valence electrons. The summed E-state index contributed by atoms with van der Waals surface area (Å²) in [5.74, 6) is 1.46. The lowest BCUT2D eigenvalue weighted by atomic mass is 10.2. The average Bonchev–Trinajstić information content (AvgIpc) is 3.01. The largest absolute Gasteiger partial charge is 0.424 e. The molecule has 0 unspecified atom stereocenters. The van der Waals surface area contributed by atoms with Gasteiger partial charge in [-0.25, -0.2) is 9.97 Å². The van der Waals surface area contributed by atoms with Crippen LogP contribution in [0.3, 0.4) is 0 Å². The second-order valence-electron chi connectivity index (χ2n) is 4.61. The molecule has 0 aliphatic rings. The lowest BCUT2D eigenvalue weighted by Gasteiger charge is -2.04. The fraction of sp³-hybridized carbons (Fsp3) is 0. The lowest BCUT2D eigenvalue weighted by molar-refractivity contribution is 0.442. The maximum absolute atomic E-state index is 5.57. The molecular formula is C16H11N5O. The van der Waals surface area contributed by atoms with Crippen LogP contribution >= 0.6 is 0 Å². The van der Waals surface area contributed by atoms with E-state index in [-0.39, 0.29) is 0 Å². The molecular weight excluding hydrogens is 278 g/mol. The Morgan fingerprint density at radius 1 is 0.818 bits per heavy atom. The number of aromatic nitrogens is 5. The van der Waals surface area contributed by atoms with Crippen LogP contribution in [-0.4, -0.2) is 24.6 Å². The van der Waals surface area contributed by atoms with Gasteiger partial charge in [-0.3, -0.25) is 4.40 Å². The molecule has 0 aliphatic heterocycles. The van der Waals surface area contributed by atoms with Gasteiger partial charge in [-0.1, -0.05) is 6.07 Å². The third kappa shape index (κ3) is 2.26. The Labute approximate surface area is 126 Å². The minimum Gasteiger partial charge on any atom is -0.424 e. The van der Waals surface area contributed by atoms with E-state index in [1.807, 2.05) is 53.1 Å². The SMILES string of the molecule is c1cnc(Oc2ccc(-c3nnc4ccccn34)cc2)nc1. The molecule has 0 aliphatic carbocycles. The maximum atomic E-state index is 5.57. The first-order valence-electron chi connectivity index (χ1n) is 6.75. The molecule has 4 rings (SSSR count). The van der Waals surface area contributed by atoms with Gasteiger partial charge >= 0.3 is 6.01 Å². The van der Waals surface area contributed by atoms with Crippen LogP contribution < -0.4 is 4.74 Å². The average molecular weight is 289 g/mol. The van der Waals surface area contributed by atoms with Crippen molar-refractivity contribution in [2.75, 3.05) is 0 Å². The van der Waals surface area contributed by atoms with E-state index in [9.17, 15) is 0 Å². The first-order valence-corrected chi connectivity index (χ1v) is 6.75. The Balaban J connectivity index is 1.64. The van der Waals surface area contributed by atoms with Gasteiger partial charge in [-0.2, -0.15) is 0 Å². The van der Waals surface area contributed by atoms with Crippen LogP contribution in [0.5, 0.6) is 11.8 Å². The number of rotatable bonds is 3. The Morgan fingerprint density at radius 2 is 1.64 bits per heavy atom. The van der Waals surface area contributed by atoms with Crippen molar-refractivity contribution in [1.82, 2.24) is 24.6 Å². The van der Waals surface area contributed by atoms with E-state index in [0.29, 0.717) is 11.8 Å². The van der Waals surface area contributed by atoms with Crippen molar-refractivity contribution < 1.29 is 4.74 Å². The van der Waals surface area contributed by atoms with Gasteiger partial charge in [0.05, 0.1) is 0 Å². The molecule has 0 N–H and O–H groups in total. The predicted molar refractivity (Wildman–Crippen MR) is 80.5 cm³/mol. The Morgan fingerprint density at radius 3 is 2.45 bits per heavy atom.